The van der Waals surface area contributed by atoms with Crippen molar-refractivity contribution < 1.29 is 9.84 Å². The van der Waals surface area contributed by atoms with Crippen molar-refractivity contribution in [1.82, 2.24) is 15.0 Å². The summed E-state index contributed by atoms with van der Waals surface area (Å²) in [6, 6.07) is 14.5. The van der Waals surface area contributed by atoms with Gasteiger partial charge in [0.25, 0.3) is 0 Å². The van der Waals surface area contributed by atoms with Gasteiger partial charge in [-0.05, 0) is 31.2 Å². The Labute approximate surface area is 183 Å². The molecule has 4 aromatic rings. The van der Waals surface area contributed by atoms with E-state index in [1.165, 1.54) is 11.3 Å². The van der Waals surface area contributed by atoms with Crippen LogP contribution in [0.4, 0.5) is 0 Å². The second-order valence-electron chi connectivity index (χ2n) is 6.82. The van der Waals surface area contributed by atoms with Crippen LogP contribution in [0.3, 0.4) is 0 Å². The minimum absolute atomic E-state index is 0.120. The lowest BCUT2D eigenvalue weighted by molar-refractivity contribution is 0.186. The van der Waals surface area contributed by atoms with Crippen molar-refractivity contribution in [2.75, 3.05) is 6.54 Å². The Morgan fingerprint density at radius 3 is 2.71 bits per heavy atom. The van der Waals surface area contributed by atoms with Crippen LogP contribution >= 0.6 is 11.3 Å². The molecule has 0 radical (unpaired) electrons. The van der Waals surface area contributed by atoms with Crippen molar-refractivity contribution in [2.45, 2.75) is 13.0 Å². The Morgan fingerprint density at radius 2 is 2.03 bits per heavy atom. The molecule has 7 nitrogen and oxygen atoms in total. The fraction of sp³-hybridized carbons (Fsp3) is 0.130. The number of rotatable bonds is 6. The van der Waals surface area contributed by atoms with Gasteiger partial charge in [0.15, 0.2) is 0 Å². The minimum Gasteiger partial charge on any atom is -0.456 e. The van der Waals surface area contributed by atoms with Crippen LogP contribution in [0.25, 0.3) is 22.0 Å². The van der Waals surface area contributed by atoms with Crippen molar-refractivity contribution in [3.63, 3.8) is 0 Å². The van der Waals surface area contributed by atoms with E-state index in [4.69, 9.17) is 10.5 Å². The summed E-state index contributed by atoms with van der Waals surface area (Å²) in [7, 11) is 0. The lowest BCUT2D eigenvalue weighted by Crippen LogP contribution is -2.11. The molecule has 1 aromatic carbocycles. The van der Waals surface area contributed by atoms with Crippen LogP contribution in [0.1, 0.15) is 22.9 Å². The number of nitrogens with zero attached hydrogens (tertiary/aromatic N) is 4. The Balaban J connectivity index is 1.73. The van der Waals surface area contributed by atoms with Crippen molar-refractivity contribution in [3.8, 4) is 39.5 Å². The lowest BCUT2D eigenvalue weighted by atomic mass is 10.1. The van der Waals surface area contributed by atoms with Gasteiger partial charge in [-0.1, -0.05) is 6.07 Å². The number of aromatic nitrogens is 3. The summed E-state index contributed by atoms with van der Waals surface area (Å²) in [5.41, 5.74) is 9.51. The molecule has 0 aliphatic carbocycles. The third-order valence-corrected chi connectivity index (χ3v) is 5.38. The number of nitriles is 1. The van der Waals surface area contributed by atoms with Crippen LogP contribution < -0.4 is 10.5 Å². The van der Waals surface area contributed by atoms with E-state index < -0.39 is 6.10 Å². The number of nitrogens with two attached hydrogens (primary N) is 1. The molecule has 154 valence electrons. The number of aryl methyl sites for hydroxylation is 1. The highest BCUT2D eigenvalue weighted by atomic mass is 32.1. The Morgan fingerprint density at radius 1 is 1.16 bits per heavy atom. The minimum atomic E-state index is -0.762. The Bertz CT molecular complexity index is 1230. The zero-order valence-electron chi connectivity index (χ0n) is 16.7. The molecule has 0 saturated heterocycles. The third kappa shape index (κ3) is 4.59. The molecule has 0 bridgehead atoms. The summed E-state index contributed by atoms with van der Waals surface area (Å²) in [6.45, 7) is 2.01. The fourth-order valence-electron chi connectivity index (χ4n) is 3.07. The molecule has 0 aliphatic heterocycles. The van der Waals surface area contributed by atoms with Crippen molar-refractivity contribution in [2.24, 2.45) is 5.73 Å². The molecule has 8 heteroatoms. The second kappa shape index (κ2) is 9.02. The van der Waals surface area contributed by atoms with Gasteiger partial charge in [0.1, 0.15) is 22.2 Å². The topological polar surface area (TPSA) is 118 Å². The first-order chi connectivity index (χ1) is 15.1. The molecule has 0 spiro atoms. The zero-order valence-corrected chi connectivity index (χ0v) is 17.5. The molecule has 3 aromatic heterocycles. The van der Waals surface area contributed by atoms with E-state index in [1.54, 1.807) is 42.7 Å². The number of thiazole rings is 1. The summed E-state index contributed by atoms with van der Waals surface area (Å²) < 4.78 is 6.20. The molecule has 3 heterocycles. The van der Waals surface area contributed by atoms with E-state index in [0.717, 1.165) is 22.0 Å². The summed E-state index contributed by atoms with van der Waals surface area (Å²) in [4.78, 5) is 13.3. The molecule has 3 N–H and O–H groups in total. The third-order valence-electron chi connectivity index (χ3n) is 4.59. The van der Waals surface area contributed by atoms with Crippen LogP contribution in [0.5, 0.6) is 11.5 Å². The first kappa shape index (κ1) is 20.6. The van der Waals surface area contributed by atoms with Gasteiger partial charge in [0.2, 0.25) is 0 Å². The van der Waals surface area contributed by atoms with Crippen LogP contribution in [0.2, 0.25) is 0 Å². The summed E-state index contributed by atoms with van der Waals surface area (Å²) in [5, 5.41) is 21.9. The highest BCUT2D eigenvalue weighted by Gasteiger charge is 2.14. The summed E-state index contributed by atoms with van der Waals surface area (Å²) in [6.07, 6.45) is 2.56. The monoisotopic (exact) mass is 429 g/mol. The maximum atomic E-state index is 9.90. The quantitative estimate of drug-likeness (QED) is 0.471. The van der Waals surface area contributed by atoms with Crippen LogP contribution in [-0.2, 0) is 0 Å². The fourth-order valence-corrected chi connectivity index (χ4v) is 3.67. The van der Waals surface area contributed by atoms with E-state index >= 15 is 0 Å². The van der Waals surface area contributed by atoms with Gasteiger partial charge in [0, 0.05) is 53.3 Å². The van der Waals surface area contributed by atoms with Crippen LogP contribution in [0.15, 0.2) is 60.2 Å². The largest absolute Gasteiger partial charge is 0.456 e. The normalized spacial score (nSPS) is 11.7. The van der Waals surface area contributed by atoms with Crippen LogP contribution in [0, 0.1) is 18.3 Å². The molecule has 0 amide bonds. The molecule has 1 atom stereocenters. The molecule has 1 unspecified atom stereocenters. The Hall–Kier alpha value is -3.64. The van der Waals surface area contributed by atoms with E-state index in [-0.39, 0.29) is 6.54 Å². The molecular formula is C23H19N5O2S. The Kier molecular flexibility index (Phi) is 6.00. The van der Waals surface area contributed by atoms with Gasteiger partial charge >= 0.3 is 0 Å². The standard InChI is InChI=1S/C23H19N5O2S/c1-14-8-17(10-20(28-14)23-26-6-7-31-23)30-22-9-15(11-24)2-4-18(22)19-5-3-16(13-27-19)21(29)12-25/h2-10,13,21,29H,12,25H2,1H3. The highest BCUT2D eigenvalue weighted by molar-refractivity contribution is 7.13. The number of pyridine rings is 2. The first-order valence-electron chi connectivity index (χ1n) is 9.52. The van der Waals surface area contributed by atoms with E-state index in [9.17, 15) is 10.4 Å². The number of hydrogen-bond acceptors (Lipinski definition) is 8. The van der Waals surface area contributed by atoms with Gasteiger partial charge in [-0.3, -0.25) is 9.97 Å². The van der Waals surface area contributed by atoms with Crippen molar-refractivity contribution >= 4 is 11.3 Å². The average molecular weight is 430 g/mol. The molecule has 0 saturated carbocycles. The lowest BCUT2D eigenvalue weighted by Gasteiger charge is -2.13. The maximum absolute atomic E-state index is 9.90. The van der Waals surface area contributed by atoms with Crippen molar-refractivity contribution in [1.29, 1.82) is 5.26 Å². The predicted molar refractivity (Wildman–Crippen MR) is 119 cm³/mol. The molecule has 4 rings (SSSR count). The number of aliphatic hydroxyl groups is 1. The zero-order chi connectivity index (χ0) is 21.8. The van der Waals surface area contributed by atoms with Gasteiger partial charge in [0.05, 0.1) is 23.4 Å². The number of benzene rings is 1. The number of hydrogen-bond donors (Lipinski definition) is 2. The summed E-state index contributed by atoms with van der Waals surface area (Å²) in [5.74, 6) is 1.08. The van der Waals surface area contributed by atoms with Crippen LogP contribution in [-0.4, -0.2) is 26.6 Å². The smallest absolute Gasteiger partial charge is 0.141 e. The predicted octanol–water partition coefficient (Wildman–Crippen LogP) is 4.23. The van der Waals surface area contributed by atoms with Gasteiger partial charge in [-0.25, -0.2) is 4.98 Å². The average Bonchev–Trinajstić information content (AvgIpc) is 3.33. The van der Waals surface area contributed by atoms with Gasteiger partial charge < -0.3 is 15.6 Å². The van der Waals surface area contributed by atoms with E-state index in [0.29, 0.717) is 28.3 Å². The molecule has 0 fully saturated rings. The van der Waals surface area contributed by atoms with E-state index in [1.807, 2.05) is 24.4 Å². The number of aliphatic hydroxyl groups excluding tert-OH is 1. The van der Waals surface area contributed by atoms with Gasteiger partial charge in [-0.2, -0.15) is 5.26 Å². The first-order valence-corrected chi connectivity index (χ1v) is 10.4. The van der Waals surface area contributed by atoms with Crippen molar-refractivity contribution in [3.05, 3.63) is 77.1 Å². The highest BCUT2D eigenvalue weighted by Crippen LogP contribution is 2.35. The molecule has 0 aliphatic rings. The SMILES string of the molecule is Cc1cc(Oc2cc(C#N)ccc2-c2ccc(C(O)CN)cn2)cc(-c2nccs2)n1. The second-order valence-corrected chi connectivity index (χ2v) is 7.71. The van der Waals surface area contributed by atoms with E-state index in [2.05, 4.69) is 21.0 Å². The molecular weight excluding hydrogens is 410 g/mol. The maximum Gasteiger partial charge on any atom is 0.141 e. The summed E-state index contributed by atoms with van der Waals surface area (Å²) >= 11 is 1.50. The molecule has 31 heavy (non-hydrogen) atoms. The number of ether oxygens (including phenoxy) is 1. The van der Waals surface area contributed by atoms with Gasteiger partial charge in [-0.15, -0.1) is 11.3 Å².